The summed E-state index contributed by atoms with van der Waals surface area (Å²) in [5.74, 6) is 0. The van der Waals surface area contributed by atoms with Gasteiger partial charge in [0.2, 0.25) is 0 Å². The lowest BCUT2D eigenvalue weighted by Crippen LogP contribution is -2.55. The van der Waals surface area contributed by atoms with E-state index in [1.165, 1.54) is 51.5 Å². The van der Waals surface area contributed by atoms with E-state index >= 15 is 0 Å². The van der Waals surface area contributed by atoms with E-state index in [1.807, 2.05) is 0 Å². The van der Waals surface area contributed by atoms with Crippen LogP contribution in [0.25, 0.3) is 0 Å². The van der Waals surface area contributed by atoms with Crippen molar-refractivity contribution >= 4 is 0 Å². The summed E-state index contributed by atoms with van der Waals surface area (Å²) in [5, 5.41) is 0. The minimum Gasteiger partial charge on any atom is -0.329 e. The van der Waals surface area contributed by atoms with Crippen molar-refractivity contribution in [3.8, 4) is 0 Å². The molecular weight excluding hydrogens is 196 g/mol. The van der Waals surface area contributed by atoms with Crippen LogP contribution >= 0.6 is 0 Å². The van der Waals surface area contributed by atoms with Crippen molar-refractivity contribution in [3.63, 3.8) is 0 Å². The van der Waals surface area contributed by atoms with Crippen LogP contribution < -0.4 is 5.73 Å². The monoisotopic (exact) mass is 226 g/mol. The van der Waals surface area contributed by atoms with Crippen LogP contribution in [0.4, 0.5) is 0 Å². The summed E-state index contributed by atoms with van der Waals surface area (Å²) in [6, 6.07) is 0.688. The molecule has 0 aromatic carbocycles. The van der Waals surface area contributed by atoms with E-state index in [4.69, 9.17) is 5.73 Å². The van der Waals surface area contributed by atoms with Gasteiger partial charge in [0.25, 0.3) is 0 Å². The van der Waals surface area contributed by atoms with E-state index in [9.17, 15) is 0 Å². The first kappa shape index (κ1) is 14.0. The molecule has 0 aliphatic heterocycles. The highest BCUT2D eigenvalue weighted by molar-refractivity contribution is 4.97. The number of nitrogens with two attached hydrogens (primary N) is 1. The van der Waals surface area contributed by atoms with Crippen LogP contribution in [0.5, 0.6) is 0 Å². The molecule has 0 amide bonds. The van der Waals surface area contributed by atoms with Gasteiger partial charge in [-0.3, -0.25) is 4.90 Å². The van der Waals surface area contributed by atoms with Crippen molar-refractivity contribution < 1.29 is 0 Å². The Kier molecular flexibility index (Phi) is 5.77. The van der Waals surface area contributed by atoms with Gasteiger partial charge in [0, 0.05) is 18.1 Å². The Morgan fingerprint density at radius 1 is 1.25 bits per heavy atom. The molecule has 2 N–H and O–H groups in total. The van der Waals surface area contributed by atoms with Gasteiger partial charge in [-0.1, -0.05) is 33.1 Å². The molecule has 16 heavy (non-hydrogen) atoms. The van der Waals surface area contributed by atoms with Gasteiger partial charge in [0.05, 0.1) is 0 Å². The number of hydrogen-bond acceptors (Lipinski definition) is 2. The second-order valence-electron chi connectivity index (χ2n) is 5.44. The fourth-order valence-corrected chi connectivity index (χ4v) is 3.12. The van der Waals surface area contributed by atoms with Gasteiger partial charge >= 0.3 is 0 Å². The Hall–Kier alpha value is -0.0800. The second kappa shape index (κ2) is 6.61. The summed E-state index contributed by atoms with van der Waals surface area (Å²) in [6.07, 6.45) is 9.22. The first-order chi connectivity index (χ1) is 7.70. The molecule has 1 unspecified atom stereocenters. The molecule has 0 spiro atoms. The van der Waals surface area contributed by atoms with E-state index < -0.39 is 0 Å². The Morgan fingerprint density at radius 2 is 1.88 bits per heavy atom. The first-order valence-electron chi connectivity index (χ1n) is 7.17. The summed E-state index contributed by atoms with van der Waals surface area (Å²) in [4.78, 5) is 2.73. The third-order valence-corrected chi connectivity index (χ3v) is 4.40. The average Bonchev–Trinajstić information content (AvgIpc) is 2.79. The van der Waals surface area contributed by atoms with Gasteiger partial charge in [0.1, 0.15) is 0 Å². The van der Waals surface area contributed by atoms with Crippen LogP contribution in [-0.4, -0.2) is 29.6 Å². The van der Waals surface area contributed by atoms with Crippen LogP contribution in [0.2, 0.25) is 0 Å². The first-order valence-corrected chi connectivity index (χ1v) is 7.17. The molecule has 0 bridgehead atoms. The summed E-state index contributed by atoms with van der Waals surface area (Å²) >= 11 is 0. The van der Waals surface area contributed by atoms with E-state index in [1.54, 1.807) is 0 Å². The van der Waals surface area contributed by atoms with Crippen LogP contribution in [0.15, 0.2) is 0 Å². The van der Waals surface area contributed by atoms with Gasteiger partial charge in [-0.15, -0.1) is 0 Å². The predicted molar refractivity (Wildman–Crippen MR) is 71.6 cm³/mol. The van der Waals surface area contributed by atoms with Gasteiger partial charge in [-0.25, -0.2) is 0 Å². The Labute approximate surface area is 102 Å². The topological polar surface area (TPSA) is 29.3 Å². The molecule has 1 fully saturated rings. The third kappa shape index (κ3) is 2.98. The largest absolute Gasteiger partial charge is 0.329 e. The lowest BCUT2D eigenvalue weighted by Gasteiger charge is -2.44. The zero-order chi connectivity index (χ0) is 12.0. The molecule has 0 radical (unpaired) electrons. The van der Waals surface area contributed by atoms with Crippen LogP contribution in [0, 0.1) is 0 Å². The molecule has 1 atom stereocenters. The Morgan fingerprint density at radius 3 is 2.31 bits per heavy atom. The molecule has 2 heteroatoms. The van der Waals surface area contributed by atoms with Crippen LogP contribution in [0.1, 0.15) is 65.7 Å². The van der Waals surface area contributed by atoms with Crippen molar-refractivity contribution in [2.75, 3.05) is 13.1 Å². The van der Waals surface area contributed by atoms with E-state index in [-0.39, 0.29) is 0 Å². The molecule has 0 heterocycles. The highest BCUT2D eigenvalue weighted by atomic mass is 15.2. The van der Waals surface area contributed by atoms with Gasteiger partial charge < -0.3 is 5.73 Å². The van der Waals surface area contributed by atoms with Crippen LogP contribution in [-0.2, 0) is 0 Å². The zero-order valence-electron chi connectivity index (χ0n) is 11.5. The van der Waals surface area contributed by atoms with Gasteiger partial charge in [-0.2, -0.15) is 0 Å². The quantitative estimate of drug-likeness (QED) is 0.722. The number of hydrogen-bond donors (Lipinski definition) is 1. The SMILES string of the molecule is CCCCN(C(C)CC)C1(CN)CCCC1. The molecule has 0 saturated heterocycles. The predicted octanol–water partition coefficient (Wildman–Crippen LogP) is 3.16. The van der Waals surface area contributed by atoms with Crippen molar-refractivity contribution in [1.29, 1.82) is 0 Å². The van der Waals surface area contributed by atoms with Crippen molar-refractivity contribution in [2.45, 2.75) is 77.3 Å². The Bertz CT molecular complexity index is 185. The summed E-state index contributed by atoms with van der Waals surface area (Å²) in [6.45, 7) is 9.02. The third-order valence-electron chi connectivity index (χ3n) is 4.40. The summed E-state index contributed by atoms with van der Waals surface area (Å²) in [7, 11) is 0. The number of nitrogens with zero attached hydrogens (tertiary/aromatic N) is 1. The summed E-state index contributed by atoms with van der Waals surface area (Å²) < 4.78 is 0. The van der Waals surface area contributed by atoms with Gasteiger partial charge in [-0.05, 0) is 39.2 Å². The molecule has 2 nitrogen and oxygen atoms in total. The van der Waals surface area contributed by atoms with Gasteiger partial charge in [0.15, 0.2) is 0 Å². The zero-order valence-corrected chi connectivity index (χ0v) is 11.5. The van der Waals surface area contributed by atoms with Crippen molar-refractivity contribution in [1.82, 2.24) is 4.90 Å². The molecular formula is C14H30N2. The van der Waals surface area contributed by atoms with Crippen LogP contribution in [0.3, 0.4) is 0 Å². The molecule has 1 aliphatic carbocycles. The van der Waals surface area contributed by atoms with E-state index in [0.717, 1.165) is 6.54 Å². The molecule has 0 aromatic rings. The second-order valence-corrected chi connectivity index (χ2v) is 5.44. The van der Waals surface area contributed by atoms with Crippen molar-refractivity contribution in [3.05, 3.63) is 0 Å². The maximum atomic E-state index is 6.09. The van der Waals surface area contributed by atoms with E-state index in [2.05, 4.69) is 25.7 Å². The molecule has 1 saturated carbocycles. The molecule has 0 aromatic heterocycles. The smallest absolute Gasteiger partial charge is 0.0334 e. The van der Waals surface area contributed by atoms with Crippen molar-refractivity contribution in [2.24, 2.45) is 5.73 Å². The highest BCUT2D eigenvalue weighted by Crippen LogP contribution is 2.36. The molecule has 96 valence electrons. The minimum atomic E-state index is 0.338. The molecule has 1 aliphatic rings. The Balaban J connectivity index is 2.71. The fourth-order valence-electron chi connectivity index (χ4n) is 3.12. The number of rotatable bonds is 7. The normalized spacial score (nSPS) is 21.6. The number of unbranched alkanes of at least 4 members (excludes halogenated alkanes) is 1. The average molecular weight is 226 g/mol. The summed E-state index contributed by atoms with van der Waals surface area (Å²) in [5.41, 5.74) is 6.43. The molecule has 1 rings (SSSR count). The maximum absolute atomic E-state index is 6.09. The lowest BCUT2D eigenvalue weighted by molar-refractivity contribution is 0.0553. The minimum absolute atomic E-state index is 0.338. The maximum Gasteiger partial charge on any atom is 0.0334 e. The standard InChI is InChI=1S/C14H30N2/c1-4-6-11-16(13(3)5-2)14(12-15)9-7-8-10-14/h13H,4-12,15H2,1-3H3. The van der Waals surface area contributed by atoms with E-state index in [0.29, 0.717) is 11.6 Å². The lowest BCUT2D eigenvalue weighted by atomic mass is 9.92. The highest BCUT2D eigenvalue weighted by Gasteiger charge is 2.39. The fraction of sp³-hybridized carbons (Fsp3) is 1.00.